The van der Waals surface area contributed by atoms with E-state index < -0.39 is 42.8 Å². The zero-order valence-corrected chi connectivity index (χ0v) is 18.5. The van der Waals surface area contributed by atoms with E-state index in [1.807, 2.05) is 0 Å². The predicted octanol–water partition coefficient (Wildman–Crippen LogP) is 1.60. The van der Waals surface area contributed by atoms with Gasteiger partial charge < -0.3 is 24.7 Å². The van der Waals surface area contributed by atoms with Gasteiger partial charge in [-0.25, -0.2) is 0 Å². The van der Waals surface area contributed by atoms with Crippen molar-refractivity contribution in [1.82, 2.24) is 20.5 Å². The van der Waals surface area contributed by atoms with Gasteiger partial charge in [0.2, 0.25) is 11.8 Å². The van der Waals surface area contributed by atoms with Crippen molar-refractivity contribution in [3.63, 3.8) is 0 Å². The maximum atomic E-state index is 13.3. The van der Waals surface area contributed by atoms with E-state index in [1.54, 1.807) is 31.3 Å². The van der Waals surface area contributed by atoms with Crippen LogP contribution in [-0.4, -0.2) is 59.3 Å². The highest BCUT2D eigenvalue weighted by Gasteiger charge is 2.35. The SMILES string of the molecule is CCOC(=O)CN(C(=O)CNC(=O)c1ccco1)C(C(=O)NC1CCCC1)c1cccnc1. The van der Waals surface area contributed by atoms with Crippen LogP contribution < -0.4 is 10.6 Å². The number of hydrogen-bond donors (Lipinski definition) is 2. The molecular formula is C23H28N4O6. The van der Waals surface area contributed by atoms with E-state index in [1.165, 1.54) is 18.5 Å². The minimum absolute atomic E-state index is 0.00914. The number of furan rings is 1. The second kappa shape index (κ2) is 11.8. The summed E-state index contributed by atoms with van der Waals surface area (Å²) in [6.45, 7) is 0.883. The van der Waals surface area contributed by atoms with Gasteiger partial charge in [0.15, 0.2) is 5.76 Å². The van der Waals surface area contributed by atoms with E-state index >= 15 is 0 Å². The highest BCUT2D eigenvalue weighted by molar-refractivity contribution is 5.96. The second-order valence-corrected chi connectivity index (χ2v) is 7.67. The van der Waals surface area contributed by atoms with Crippen LogP contribution in [0.5, 0.6) is 0 Å². The molecule has 10 heteroatoms. The molecule has 2 aromatic heterocycles. The Balaban J connectivity index is 1.83. The lowest BCUT2D eigenvalue weighted by atomic mass is 10.1. The zero-order valence-electron chi connectivity index (χ0n) is 18.5. The molecule has 0 radical (unpaired) electrons. The lowest BCUT2D eigenvalue weighted by Crippen LogP contribution is -2.50. The first-order chi connectivity index (χ1) is 16.0. The molecule has 2 heterocycles. The smallest absolute Gasteiger partial charge is 0.325 e. The van der Waals surface area contributed by atoms with E-state index in [0.29, 0.717) is 5.56 Å². The lowest BCUT2D eigenvalue weighted by Gasteiger charge is -2.31. The number of nitrogens with one attached hydrogen (secondary N) is 2. The molecule has 0 spiro atoms. The Morgan fingerprint density at radius 2 is 2.00 bits per heavy atom. The van der Waals surface area contributed by atoms with E-state index in [2.05, 4.69) is 15.6 Å². The van der Waals surface area contributed by atoms with Gasteiger partial charge in [0.1, 0.15) is 12.6 Å². The van der Waals surface area contributed by atoms with E-state index in [9.17, 15) is 19.2 Å². The third kappa shape index (κ3) is 6.64. The Morgan fingerprint density at radius 1 is 1.21 bits per heavy atom. The molecule has 1 atom stereocenters. The molecule has 10 nitrogen and oxygen atoms in total. The summed E-state index contributed by atoms with van der Waals surface area (Å²) in [5.41, 5.74) is 0.447. The molecule has 1 unspecified atom stereocenters. The Labute approximate surface area is 191 Å². The van der Waals surface area contributed by atoms with Gasteiger partial charge in [0.05, 0.1) is 19.4 Å². The first-order valence-electron chi connectivity index (χ1n) is 11.0. The van der Waals surface area contributed by atoms with Crippen molar-refractivity contribution < 1.29 is 28.3 Å². The summed E-state index contributed by atoms with van der Waals surface area (Å²) in [4.78, 5) is 56.2. The number of nitrogens with zero attached hydrogens (tertiary/aromatic N) is 2. The topological polar surface area (TPSA) is 131 Å². The third-order valence-electron chi connectivity index (χ3n) is 5.33. The van der Waals surface area contributed by atoms with E-state index in [4.69, 9.17) is 9.15 Å². The molecule has 2 N–H and O–H groups in total. The number of carbonyl (C=O) groups excluding carboxylic acids is 4. The average Bonchev–Trinajstić information content (AvgIpc) is 3.52. The minimum atomic E-state index is -1.11. The van der Waals surface area contributed by atoms with Gasteiger partial charge in [-0.15, -0.1) is 0 Å². The van der Waals surface area contributed by atoms with Gasteiger partial charge in [0, 0.05) is 24.0 Å². The maximum Gasteiger partial charge on any atom is 0.325 e. The molecular weight excluding hydrogens is 428 g/mol. The van der Waals surface area contributed by atoms with E-state index in [0.717, 1.165) is 30.6 Å². The molecule has 0 aliphatic heterocycles. The Kier molecular flexibility index (Phi) is 8.56. The molecule has 3 rings (SSSR count). The summed E-state index contributed by atoms with van der Waals surface area (Å²) in [7, 11) is 0. The van der Waals surface area contributed by atoms with Gasteiger partial charge in [-0.3, -0.25) is 24.2 Å². The van der Waals surface area contributed by atoms with Crippen molar-refractivity contribution in [2.45, 2.75) is 44.7 Å². The molecule has 1 aliphatic rings. The summed E-state index contributed by atoms with van der Waals surface area (Å²) < 4.78 is 10.1. The largest absolute Gasteiger partial charge is 0.465 e. The minimum Gasteiger partial charge on any atom is -0.465 e. The van der Waals surface area contributed by atoms with Gasteiger partial charge in [0.25, 0.3) is 5.91 Å². The van der Waals surface area contributed by atoms with Crippen LogP contribution in [-0.2, 0) is 19.1 Å². The molecule has 1 fully saturated rings. The van der Waals surface area contributed by atoms with Crippen LogP contribution in [0.3, 0.4) is 0 Å². The van der Waals surface area contributed by atoms with Crippen LogP contribution in [0, 0.1) is 0 Å². The van der Waals surface area contributed by atoms with Gasteiger partial charge in [-0.2, -0.15) is 0 Å². The number of aromatic nitrogens is 1. The Bertz CT molecular complexity index is 941. The number of esters is 1. The van der Waals surface area contributed by atoms with Crippen molar-refractivity contribution in [3.05, 3.63) is 54.2 Å². The maximum absolute atomic E-state index is 13.3. The summed E-state index contributed by atoms with van der Waals surface area (Å²) in [5, 5.41) is 5.46. The molecule has 1 aliphatic carbocycles. The summed E-state index contributed by atoms with van der Waals surface area (Å²) >= 11 is 0. The standard InChI is InChI=1S/C23H28N4O6/c1-2-32-20(29)15-27(19(28)14-25-22(30)18-10-6-12-33-18)21(16-7-5-11-24-13-16)23(31)26-17-8-3-4-9-17/h5-7,10-13,17,21H,2-4,8-9,14-15H2,1H3,(H,25,30)(H,26,31). The van der Waals surface area contributed by atoms with Crippen LogP contribution in [0.15, 0.2) is 47.3 Å². The molecule has 33 heavy (non-hydrogen) atoms. The molecule has 3 amide bonds. The molecule has 0 aromatic carbocycles. The van der Waals surface area contributed by atoms with Crippen LogP contribution in [0.2, 0.25) is 0 Å². The van der Waals surface area contributed by atoms with Crippen LogP contribution in [0.1, 0.15) is 54.8 Å². The first-order valence-corrected chi connectivity index (χ1v) is 11.0. The van der Waals surface area contributed by atoms with Crippen LogP contribution in [0.4, 0.5) is 0 Å². The summed E-state index contributed by atoms with van der Waals surface area (Å²) in [5.74, 6) is -2.24. The van der Waals surface area contributed by atoms with Gasteiger partial charge in [-0.05, 0) is 38.0 Å². The first kappa shape index (κ1) is 24.0. The fourth-order valence-electron chi connectivity index (χ4n) is 3.78. The van der Waals surface area contributed by atoms with E-state index in [-0.39, 0.29) is 18.4 Å². The highest BCUT2D eigenvalue weighted by atomic mass is 16.5. The summed E-state index contributed by atoms with van der Waals surface area (Å²) in [6, 6.07) is 5.22. The fourth-order valence-corrected chi connectivity index (χ4v) is 3.78. The monoisotopic (exact) mass is 456 g/mol. The Morgan fingerprint density at radius 3 is 2.64 bits per heavy atom. The molecule has 176 valence electrons. The second-order valence-electron chi connectivity index (χ2n) is 7.67. The number of hydrogen-bond acceptors (Lipinski definition) is 7. The van der Waals surface area contributed by atoms with Crippen molar-refractivity contribution in [1.29, 1.82) is 0 Å². The average molecular weight is 456 g/mol. The van der Waals surface area contributed by atoms with Crippen molar-refractivity contribution in [3.8, 4) is 0 Å². The number of amides is 3. The number of rotatable bonds is 10. The third-order valence-corrected chi connectivity index (χ3v) is 5.33. The normalized spacial score (nSPS) is 14.3. The number of carbonyl (C=O) groups is 4. The van der Waals surface area contributed by atoms with Gasteiger partial charge >= 0.3 is 5.97 Å². The quantitative estimate of drug-likeness (QED) is 0.519. The van der Waals surface area contributed by atoms with Crippen LogP contribution >= 0.6 is 0 Å². The highest BCUT2D eigenvalue weighted by Crippen LogP contribution is 2.24. The zero-order chi connectivity index (χ0) is 23.6. The van der Waals surface area contributed by atoms with Gasteiger partial charge in [-0.1, -0.05) is 18.9 Å². The molecule has 0 saturated heterocycles. The number of ether oxygens (including phenoxy) is 1. The van der Waals surface area contributed by atoms with Crippen molar-refractivity contribution in [2.75, 3.05) is 19.7 Å². The molecule has 0 bridgehead atoms. The van der Waals surface area contributed by atoms with Crippen molar-refractivity contribution in [2.24, 2.45) is 0 Å². The predicted molar refractivity (Wildman–Crippen MR) is 117 cm³/mol. The van der Waals surface area contributed by atoms with Crippen LogP contribution in [0.25, 0.3) is 0 Å². The van der Waals surface area contributed by atoms with Crippen molar-refractivity contribution >= 4 is 23.7 Å². The number of pyridine rings is 1. The lowest BCUT2D eigenvalue weighted by molar-refractivity contribution is -0.152. The Hall–Kier alpha value is -3.69. The summed E-state index contributed by atoms with van der Waals surface area (Å²) in [6.07, 6.45) is 8.13. The molecule has 2 aromatic rings. The fraction of sp³-hybridized carbons (Fsp3) is 0.435. The molecule has 1 saturated carbocycles.